The van der Waals surface area contributed by atoms with Crippen molar-refractivity contribution in [3.8, 4) is 0 Å². The van der Waals surface area contributed by atoms with Gasteiger partial charge >= 0.3 is 0 Å². The molecule has 21 heavy (non-hydrogen) atoms. The predicted octanol–water partition coefficient (Wildman–Crippen LogP) is 2.75. The monoisotopic (exact) mass is 305 g/mol. The van der Waals surface area contributed by atoms with E-state index < -0.39 is 0 Å². The van der Waals surface area contributed by atoms with E-state index in [2.05, 4.69) is 27.2 Å². The molecule has 0 spiro atoms. The molecule has 2 aromatic heterocycles. The number of hydrogen-bond donors (Lipinski definition) is 2. The van der Waals surface area contributed by atoms with Gasteiger partial charge in [-0.3, -0.25) is 9.88 Å². The van der Waals surface area contributed by atoms with Crippen molar-refractivity contribution in [1.82, 2.24) is 14.9 Å². The van der Waals surface area contributed by atoms with Gasteiger partial charge in [0.1, 0.15) is 5.82 Å². The molecule has 0 aliphatic carbocycles. The van der Waals surface area contributed by atoms with Gasteiger partial charge in [0.25, 0.3) is 0 Å². The van der Waals surface area contributed by atoms with Gasteiger partial charge in [-0.05, 0) is 37.7 Å². The zero-order valence-electron chi connectivity index (χ0n) is 12.3. The van der Waals surface area contributed by atoms with E-state index in [-0.39, 0.29) is 0 Å². The van der Waals surface area contributed by atoms with Crippen molar-refractivity contribution < 1.29 is 0 Å². The highest BCUT2D eigenvalue weighted by atomic mass is 35.5. The minimum Gasteiger partial charge on any atom is -0.308 e. The van der Waals surface area contributed by atoms with E-state index >= 15 is 0 Å². The maximum absolute atomic E-state index is 6.21. The number of nitrogens with one attached hydrogen (secondary N) is 1. The number of anilines is 1. The minimum absolute atomic E-state index is 0.610. The first-order chi connectivity index (χ1) is 10.1. The molecule has 0 unspecified atom stereocenters. The van der Waals surface area contributed by atoms with Gasteiger partial charge in [-0.15, -0.1) is 0 Å². The van der Waals surface area contributed by atoms with Gasteiger partial charge in [-0.25, -0.2) is 10.8 Å². The molecular formula is C15H20ClN5. The van der Waals surface area contributed by atoms with Crippen molar-refractivity contribution in [3.63, 3.8) is 0 Å². The number of aryl methyl sites for hydroxylation is 1. The van der Waals surface area contributed by atoms with E-state index in [1.807, 2.05) is 25.1 Å². The number of hydrogen-bond acceptors (Lipinski definition) is 5. The summed E-state index contributed by atoms with van der Waals surface area (Å²) in [6, 6.07) is 9.61. The molecule has 0 amide bonds. The third-order valence-corrected chi connectivity index (χ3v) is 3.56. The van der Waals surface area contributed by atoms with Crippen LogP contribution in [-0.2, 0) is 13.1 Å². The molecule has 112 valence electrons. The Bertz CT molecular complexity index is 602. The molecule has 0 saturated heterocycles. The van der Waals surface area contributed by atoms with Gasteiger partial charge in [0.05, 0.1) is 16.4 Å². The van der Waals surface area contributed by atoms with Crippen LogP contribution in [0.2, 0.25) is 5.02 Å². The Hall–Kier alpha value is -1.69. The first kappa shape index (κ1) is 15.7. The first-order valence-electron chi connectivity index (χ1n) is 6.89. The van der Waals surface area contributed by atoms with Gasteiger partial charge in [0, 0.05) is 18.8 Å². The number of pyridine rings is 2. The number of rotatable bonds is 6. The average Bonchev–Trinajstić information content (AvgIpc) is 2.48. The zero-order valence-corrected chi connectivity index (χ0v) is 13.1. The van der Waals surface area contributed by atoms with Crippen LogP contribution in [-0.4, -0.2) is 21.4 Å². The van der Waals surface area contributed by atoms with Crippen LogP contribution < -0.4 is 11.3 Å². The summed E-state index contributed by atoms with van der Waals surface area (Å²) in [4.78, 5) is 11.2. The Morgan fingerprint density at radius 2 is 2.00 bits per heavy atom. The molecule has 5 nitrogen and oxygen atoms in total. The molecule has 2 aromatic rings. The maximum Gasteiger partial charge on any atom is 0.140 e. The zero-order chi connectivity index (χ0) is 15.2. The smallest absolute Gasteiger partial charge is 0.140 e. The summed E-state index contributed by atoms with van der Waals surface area (Å²) < 4.78 is 0. The Balaban J connectivity index is 2.12. The van der Waals surface area contributed by atoms with Crippen LogP contribution in [0.25, 0.3) is 0 Å². The van der Waals surface area contributed by atoms with Gasteiger partial charge in [0.15, 0.2) is 0 Å². The highest BCUT2D eigenvalue weighted by Crippen LogP contribution is 2.18. The Labute approximate surface area is 130 Å². The van der Waals surface area contributed by atoms with Gasteiger partial charge in [0.2, 0.25) is 0 Å². The molecule has 6 heteroatoms. The number of nitrogens with two attached hydrogens (primary N) is 1. The van der Waals surface area contributed by atoms with E-state index in [4.69, 9.17) is 17.4 Å². The summed E-state index contributed by atoms with van der Waals surface area (Å²) in [5.74, 6) is 6.00. The summed E-state index contributed by atoms with van der Waals surface area (Å²) >= 11 is 6.21. The molecule has 0 radical (unpaired) electrons. The summed E-state index contributed by atoms with van der Waals surface area (Å²) in [7, 11) is 0. The number of hydrazine groups is 1. The predicted molar refractivity (Wildman–Crippen MR) is 85.8 cm³/mol. The van der Waals surface area contributed by atoms with Crippen molar-refractivity contribution >= 4 is 17.4 Å². The molecule has 0 bridgehead atoms. The lowest BCUT2D eigenvalue weighted by molar-refractivity contribution is 0.265. The molecule has 0 aliphatic rings. The first-order valence-corrected chi connectivity index (χ1v) is 7.27. The largest absolute Gasteiger partial charge is 0.308 e. The topological polar surface area (TPSA) is 67.1 Å². The molecule has 2 rings (SSSR count). The molecule has 0 saturated carbocycles. The molecule has 0 fully saturated rings. The number of nitrogen functional groups attached to an aromatic ring is 1. The Morgan fingerprint density at radius 3 is 2.67 bits per heavy atom. The molecule has 0 atom stereocenters. The van der Waals surface area contributed by atoms with Crippen LogP contribution in [0.15, 0.2) is 30.3 Å². The van der Waals surface area contributed by atoms with Crippen molar-refractivity contribution in [2.45, 2.75) is 26.9 Å². The molecule has 0 aromatic carbocycles. The van der Waals surface area contributed by atoms with Crippen LogP contribution in [0.4, 0.5) is 5.82 Å². The van der Waals surface area contributed by atoms with E-state index in [1.54, 1.807) is 12.1 Å². The second kappa shape index (κ2) is 7.36. The van der Waals surface area contributed by atoms with Gasteiger partial charge in [-0.1, -0.05) is 24.6 Å². The summed E-state index contributed by atoms with van der Waals surface area (Å²) in [6.45, 7) is 6.40. The van der Waals surface area contributed by atoms with Crippen molar-refractivity contribution in [3.05, 3.63) is 52.4 Å². The Morgan fingerprint density at radius 1 is 1.19 bits per heavy atom. The molecule has 3 N–H and O–H groups in total. The Kier molecular flexibility index (Phi) is 5.50. The summed E-state index contributed by atoms with van der Waals surface area (Å²) in [5, 5.41) is 0.643. The van der Waals surface area contributed by atoms with E-state index in [0.29, 0.717) is 17.4 Å². The second-order valence-electron chi connectivity index (χ2n) is 4.84. The molecular weight excluding hydrogens is 286 g/mol. The van der Waals surface area contributed by atoms with Crippen LogP contribution in [0.5, 0.6) is 0 Å². The van der Waals surface area contributed by atoms with Crippen LogP contribution in [0.1, 0.15) is 24.0 Å². The second-order valence-corrected chi connectivity index (χ2v) is 5.25. The SMILES string of the molecule is CCN(Cc1cccc(C)n1)Cc1nc(NN)ccc1Cl. The van der Waals surface area contributed by atoms with Crippen LogP contribution >= 0.6 is 11.6 Å². The lowest BCUT2D eigenvalue weighted by Gasteiger charge is -2.20. The van der Waals surface area contributed by atoms with Gasteiger partial charge in [-0.2, -0.15) is 0 Å². The average molecular weight is 306 g/mol. The standard InChI is InChI=1S/C15H20ClN5/c1-3-21(9-12-6-4-5-11(2)18-12)10-14-13(16)7-8-15(19-14)20-17/h4-8H,3,9-10,17H2,1-2H3,(H,19,20). The normalized spacial score (nSPS) is 10.9. The number of nitrogens with zero attached hydrogens (tertiary/aromatic N) is 3. The highest BCUT2D eigenvalue weighted by molar-refractivity contribution is 6.31. The highest BCUT2D eigenvalue weighted by Gasteiger charge is 2.10. The fourth-order valence-electron chi connectivity index (χ4n) is 2.08. The molecule has 2 heterocycles. The quantitative estimate of drug-likeness (QED) is 0.634. The number of aromatic nitrogens is 2. The fraction of sp³-hybridized carbons (Fsp3) is 0.333. The van der Waals surface area contributed by atoms with Gasteiger partial charge < -0.3 is 5.43 Å². The van der Waals surface area contributed by atoms with Crippen molar-refractivity contribution in [2.75, 3.05) is 12.0 Å². The van der Waals surface area contributed by atoms with Crippen LogP contribution in [0, 0.1) is 6.92 Å². The lowest BCUT2D eigenvalue weighted by atomic mass is 10.2. The third kappa shape index (κ3) is 4.39. The van der Waals surface area contributed by atoms with E-state index in [9.17, 15) is 0 Å². The van der Waals surface area contributed by atoms with Crippen LogP contribution in [0.3, 0.4) is 0 Å². The van der Waals surface area contributed by atoms with Crippen molar-refractivity contribution in [2.24, 2.45) is 5.84 Å². The number of halogens is 1. The maximum atomic E-state index is 6.21. The summed E-state index contributed by atoms with van der Waals surface area (Å²) in [6.07, 6.45) is 0. The molecule has 0 aliphatic heterocycles. The lowest BCUT2D eigenvalue weighted by Crippen LogP contribution is -2.24. The minimum atomic E-state index is 0.610. The summed E-state index contributed by atoms with van der Waals surface area (Å²) in [5.41, 5.74) is 5.41. The third-order valence-electron chi connectivity index (χ3n) is 3.22. The van der Waals surface area contributed by atoms with E-state index in [0.717, 1.165) is 30.2 Å². The van der Waals surface area contributed by atoms with E-state index in [1.165, 1.54) is 0 Å². The van der Waals surface area contributed by atoms with Crippen molar-refractivity contribution in [1.29, 1.82) is 0 Å². The fourth-order valence-corrected chi connectivity index (χ4v) is 2.25.